The summed E-state index contributed by atoms with van der Waals surface area (Å²) in [4.78, 5) is 28.7. The molecule has 0 aliphatic rings. The third-order valence-corrected chi connectivity index (χ3v) is 3.39. The van der Waals surface area contributed by atoms with Gasteiger partial charge in [0.2, 0.25) is 11.8 Å². The van der Waals surface area contributed by atoms with Gasteiger partial charge in [-0.3, -0.25) is 15.0 Å². The molecule has 120 valence electrons. The summed E-state index contributed by atoms with van der Waals surface area (Å²) in [5.74, 6) is -0.772. The molecule has 7 nitrogen and oxygen atoms in total. The van der Waals surface area contributed by atoms with Gasteiger partial charge in [0.15, 0.2) is 0 Å². The molecule has 2 aromatic rings. The number of carbonyl (C=O) groups excluding carboxylic acids is 1. The van der Waals surface area contributed by atoms with Crippen molar-refractivity contribution >= 4 is 11.8 Å². The highest BCUT2D eigenvalue weighted by molar-refractivity contribution is 5.93. The number of amides is 1. The third-order valence-electron chi connectivity index (χ3n) is 3.39. The van der Waals surface area contributed by atoms with E-state index < -0.39 is 5.91 Å². The predicted octanol–water partition coefficient (Wildman–Crippen LogP) is 0.780. The number of carbonyl (C=O) groups is 1. The molecular formula is C16H18N4O3. The molecule has 0 aliphatic carbocycles. The van der Waals surface area contributed by atoms with Crippen LogP contribution in [-0.4, -0.2) is 23.4 Å². The molecule has 0 saturated carbocycles. The average molecular weight is 314 g/mol. The van der Waals surface area contributed by atoms with Gasteiger partial charge < -0.3 is 15.1 Å². The van der Waals surface area contributed by atoms with Gasteiger partial charge in [0.05, 0.1) is 6.54 Å². The van der Waals surface area contributed by atoms with Gasteiger partial charge in [0.25, 0.3) is 5.56 Å². The number of hydrogen-bond donors (Lipinski definition) is 3. The van der Waals surface area contributed by atoms with Gasteiger partial charge in [0, 0.05) is 18.3 Å². The molecule has 0 fully saturated rings. The quantitative estimate of drug-likeness (QED) is 0.430. The summed E-state index contributed by atoms with van der Waals surface area (Å²) in [7, 11) is 1.51. The van der Waals surface area contributed by atoms with Crippen LogP contribution in [0.1, 0.15) is 27.2 Å². The van der Waals surface area contributed by atoms with Crippen LogP contribution in [0.15, 0.2) is 41.2 Å². The number of primary amides is 1. The SMILES string of the molecule is CNOC(=N)c1ccc(C)n(Cc2cccc(C(N)=O)c2)c1=O. The fourth-order valence-corrected chi connectivity index (χ4v) is 2.20. The molecule has 1 amide bonds. The number of hydrogen-bond acceptors (Lipinski definition) is 5. The van der Waals surface area contributed by atoms with Crippen LogP contribution in [-0.2, 0) is 11.4 Å². The Balaban J connectivity index is 2.42. The van der Waals surface area contributed by atoms with Gasteiger partial charge in [-0.05, 0) is 36.8 Å². The standard InChI is InChI=1S/C16H18N4O3/c1-10-6-7-13(15(18)23-19-2)16(22)20(10)9-11-4-3-5-12(8-11)14(17)21/h3-8,18-19H,9H2,1-2H3,(H2,17,21). The second-order valence-electron chi connectivity index (χ2n) is 4.98. The van der Waals surface area contributed by atoms with Crippen LogP contribution in [0.25, 0.3) is 0 Å². The molecule has 0 saturated heterocycles. The van der Waals surface area contributed by atoms with Crippen LogP contribution in [0.2, 0.25) is 0 Å². The smallest absolute Gasteiger partial charge is 0.263 e. The summed E-state index contributed by atoms with van der Waals surface area (Å²) in [5, 5.41) is 7.75. The first kappa shape index (κ1) is 16.4. The lowest BCUT2D eigenvalue weighted by Gasteiger charge is -2.13. The number of nitrogens with two attached hydrogens (primary N) is 1. The van der Waals surface area contributed by atoms with E-state index in [1.54, 1.807) is 43.3 Å². The van der Waals surface area contributed by atoms with Crippen LogP contribution in [0.3, 0.4) is 0 Å². The van der Waals surface area contributed by atoms with E-state index >= 15 is 0 Å². The first-order chi connectivity index (χ1) is 10.9. The highest BCUT2D eigenvalue weighted by atomic mass is 16.6. The minimum absolute atomic E-state index is 0.149. The number of nitrogens with zero attached hydrogens (tertiary/aromatic N) is 1. The van der Waals surface area contributed by atoms with Crippen molar-refractivity contribution in [3.8, 4) is 0 Å². The lowest BCUT2D eigenvalue weighted by atomic mass is 10.1. The summed E-state index contributed by atoms with van der Waals surface area (Å²) >= 11 is 0. The maximum atomic E-state index is 12.6. The molecule has 4 N–H and O–H groups in total. The third kappa shape index (κ3) is 3.64. The molecule has 1 aromatic carbocycles. The summed E-state index contributed by atoms with van der Waals surface area (Å²) in [6.07, 6.45) is 0. The first-order valence-electron chi connectivity index (χ1n) is 6.95. The summed E-state index contributed by atoms with van der Waals surface area (Å²) < 4.78 is 1.52. The van der Waals surface area contributed by atoms with Crippen molar-refractivity contribution in [2.45, 2.75) is 13.5 Å². The van der Waals surface area contributed by atoms with Crippen molar-refractivity contribution in [2.24, 2.45) is 5.73 Å². The van der Waals surface area contributed by atoms with Gasteiger partial charge in [-0.2, -0.15) is 5.48 Å². The predicted molar refractivity (Wildman–Crippen MR) is 86.5 cm³/mol. The van der Waals surface area contributed by atoms with E-state index in [4.69, 9.17) is 16.0 Å². The molecular weight excluding hydrogens is 296 g/mol. The Morgan fingerprint density at radius 1 is 1.35 bits per heavy atom. The van der Waals surface area contributed by atoms with E-state index in [0.717, 1.165) is 11.3 Å². The maximum absolute atomic E-state index is 12.6. The number of rotatable bonds is 5. The molecule has 23 heavy (non-hydrogen) atoms. The zero-order chi connectivity index (χ0) is 17.0. The number of benzene rings is 1. The first-order valence-corrected chi connectivity index (χ1v) is 6.95. The van der Waals surface area contributed by atoms with E-state index in [9.17, 15) is 9.59 Å². The lowest BCUT2D eigenvalue weighted by Crippen LogP contribution is -2.30. The number of hydroxylamine groups is 1. The van der Waals surface area contributed by atoms with Crippen LogP contribution in [0.4, 0.5) is 0 Å². The van der Waals surface area contributed by atoms with E-state index in [-0.39, 0.29) is 23.6 Å². The van der Waals surface area contributed by atoms with Crippen LogP contribution in [0, 0.1) is 12.3 Å². The van der Waals surface area contributed by atoms with Crippen LogP contribution >= 0.6 is 0 Å². The van der Waals surface area contributed by atoms with Gasteiger partial charge in [-0.15, -0.1) is 0 Å². The van der Waals surface area contributed by atoms with Crippen LogP contribution in [0.5, 0.6) is 0 Å². The molecule has 0 aliphatic heterocycles. The van der Waals surface area contributed by atoms with Crippen molar-refractivity contribution in [2.75, 3.05) is 7.05 Å². The van der Waals surface area contributed by atoms with Gasteiger partial charge in [0.1, 0.15) is 5.56 Å². The molecule has 1 heterocycles. The minimum Gasteiger partial charge on any atom is -0.388 e. The van der Waals surface area contributed by atoms with Crippen molar-refractivity contribution in [3.05, 3.63) is 69.1 Å². The number of aromatic nitrogens is 1. The highest BCUT2D eigenvalue weighted by Crippen LogP contribution is 2.08. The Labute approximate surface area is 133 Å². The molecule has 0 unspecified atom stereocenters. The van der Waals surface area contributed by atoms with Gasteiger partial charge in [-0.25, -0.2) is 0 Å². The van der Waals surface area contributed by atoms with E-state index in [1.165, 1.54) is 11.6 Å². The minimum atomic E-state index is -0.520. The Hall–Kier alpha value is -2.93. The number of aryl methyl sites for hydroxylation is 1. The topological polar surface area (TPSA) is 110 Å². The molecule has 1 aromatic heterocycles. The Bertz CT molecular complexity index is 811. The number of nitrogens with one attached hydrogen (secondary N) is 2. The molecule has 0 spiro atoms. The Kier molecular flexibility index (Phi) is 4.92. The summed E-state index contributed by atoms with van der Waals surface area (Å²) in [6, 6.07) is 10.1. The fourth-order valence-electron chi connectivity index (χ4n) is 2.20. The fraction of sp³-hybridized carbons (Fsp3) is 0.188. The Morgan fingerprint density at radius 2 is 2.09 bits per heavy atom. The second kappa shape index (κ2) is 6.89. The van der Waals surface area contributed by atoms with E-state index in [1.807, 2.05) is 0 Å². The van der Waals surface area contributed by atoms with Crippen molar-refractivity contribution in [3.63, 3.8) is 0 Å². The summed E-state index contributed by atoms with van der Waals surface area (Å²) in [5.41, 5.74) is 9.35. The molecule has 0 atom stereocenters. The van der Waals surface area contributed by atoms with Crippen LogP contribution < -0.4 is 16.8 Å². The Morgan fingerprint density at radius 3 is 2.74 bits per heavy atom. The number of pyridine rings is 1. The molecule has 7 heteroatoms. The van der Waals surface area contributed by atoms with Crippen molar-refractivity contribution < 1.29 is 9.63 Å². The van der Waals surface area contributed by atoms with Gasteiger partial charge in [-0.1, -0.05) is 12.1 Å². The normalized spacial score (nSPS) is 10.3. The van der Waals surface area contributed by atoms with E-state index in [2.05, 4.69) is 5.48 Å². The van der Waals surface area contributed by atoms with Crippen molar-refractivity contribution in [1.29, 1.82) is 5.41 Å². The van der Waals surface area contributed by atoms with Crippen molar-refractivity contribution in [1.82, 2.24) is 10.0 Å². The maximum Gasteiger partial charge on any atom is 0.263 e. The zero-order valence-electron chi connectivity index (χ0n) is 12.9. The monoisotopic (exact) mass is 314 g/mol. The average Bonchev–Trinajstić information content (AvgIpc) is 2.52. The molecule has 0 radical (unpaired) electrons. The van der Waals surface area contributed by atoms with E-state index in [0.29, 0.717) is 5.56 Å². The lowest BCUT2D eigenvalue weighted by molar-refractivity contribution is 0.1000. The second-order valence-corrected chi connectivity index (χ2v) is 4.98. The summed E-state index contributed by atoms with van der Waals surface area (Å²) in [6.45, 7) is 2.07. The highest BCUT2D eigenvalue weighted by Gasteiger charge is 2.13. The molecule has 0 bridgehead atoms. The van der Waals surface area contributed by atoms with Gasteiger partial charge >= 0.3 is 0 Å². The largest absolute Gasteiger partial charge is 0.388 e. The zero-order valence-corrected chi connectivity index (χ0v) is 12.9. The molecule has 2 rings (SSSR count).